The predicted molar refractivity (Wildman–Crippen MR) is 79.6 cm³/mol. The molecule has 3 N–H and O–H groups in total. The summed E-state index contributed by atoms with van der Waals surface area (Å²) in [6.45, 7) is 7.33. The van der Waals surface area contributed by atoms with E-state index in [1.165, 1.54) is 0 Å². The average Bonchev–Trinajstić information content (AvgIpc) is 2.28. The van der Waals surface area contributed by atoms with Gasteiger partial charge in [0, 0.05) is 25.7 Å². The summed E-state index contributed by atoms with van der Waals surface area (Å²) in [4.78, 5) is 2.20. The third-order valence-electron chi connectivity index (χ3n) is 3.06. The zero-order valence-corrected chi connectivity index (χ0v) is 13.1. The second kappa shape index (κ2) is 7.49. The van der Waals surface area contributed by atoms with Crippen molar-refractivity contribution in [3.8, 4) is 0 Å². The predicted octanol–water partition coefficient (Wildman–Crippen LogP) is -0.309. The minimum absolute atomic E-state index is 0.0218. The first kappa shape index (κ1) is 16.8. The van der Waals surface area contributed by atoms with Gasteiger partial charge >= 0.3 is 0 Å². The molecule has 1 aliphatic heterocycles. The molecule has 0 spiro atoms. The molecule has 2 atom stereocenters. The molecule has 0 aromatic heterocycles. The van der Waals surface area contributed by atoms with Gasteiger partial charge in [-0.2, -0.15) is 0 Å². The molecule has 0 saturated carbocycles. The van der Waals surface area contributed by atoms with E-state index in [1.54, 1.807) is 6.92 Å². The Hall–Kier alpha value is -0.280. The van der Waals surface area contributed by atoms with Crippen LogP contribution < -0.4 is 10.5 Å². The summed E-state index contributed by atoms with van der Waals surface area (Å²) in [5, 5.41) is -0.797. The molecule has 19 heavy (non-hydrogen) atoms. The topological polar surface area (TPSA) is 84.7 Å². The number of rotatable bonds is 7. The van der Waals surface area contributed by atoms with Crippen LogP contribution in [0.25, 0.3) is 0 Å². The van der Waals surface area contributed by atoms with Gasteiger partial charge in [-0.1, -0.05) is 19.1 Å². The first-order valence-corrected chi connectivity index (χ1v) is 8.42. The summed E-state index contributed by atoms with van der Waals surface area (Å²) in [5.74, 6) is 0. The van der Waals surface area contributed by atoms with Gasteiger partial charge in [-0.25, -0.2) is 13.1 Å². The monoisotopic (exact) mass is 309 g/mol. The van der Waals surface area contributed by atoms with E-state index in [0.29, 0.717) is 26.2 Å². The third-order valence-corrected chi connectivity index (χ3v) is 5.56. The van der Waals surface area contributed by atoms with Crippen LogP contribution in [0.3, 0.4) is 0 Å². The van der Waals surface area contributed by atoms with Crippen molar-refractivity contribution in [2.75, 3.05) is 32.8 Å². The number of nitrogens with two attached hydrogens (primary N) is 1. The minimum atomic E-state index is -3.50. The van der Waals surface area contributed by atoms with Gasteiger partial charge in [0.2, 0.25) is 10.0 Å². The number of morpholine rings is 1. The lowest BCUT2D eigenvalue weighted by Crippen LogP contribution is -2.49. The van der Waals surface area contributed by atoms with Gasteiger partial charge in [0.15, 0.2) is 0 Å². The molecule has 0 aliphatic carbocycles. The fourth-order valence-corrected chi connectivity index (χ4v) is 4.24. The second-order valence-corrected chi connectivity index (χ2v) is 7.14. The minimum Gasteiger partial charge on any atom is -0.392 e. The van der Waals surface area contributed by atoms with Crippen molar-refractivity contribution in [3.05, 3.63) is 0 Å². The molecule has 8 heteroatoms. The Morgan fingerprint density at radius 2 is 2.05 bits per heavy atom. The van der Waals surface area contributed by atoms with E-state index in [9.17, 15) is 8.42 Å². The fourth-order valence-electron chi connectivity index (χ4n) is 2.14. The maximum absolute atomic E-state index is 12.1. The Balaban J connectivity index is 2.54. The lowest BCUT2D eigenvalue weighted by atomic mass is 10.3. The van der Waals surface area contributed by atoms with Crippen LogP contribution in [0.2, 0.25) is 0 Å². The zero-order chi connectivity index (χ0) is 14.5. The summed E-state index contributed by atoms with van der Waals surface area (Å²) in [7, 11) is -3.50. The lowest BCUT2D eigenvalue weighted by molar-refractivity contribution is 0.0354. The standard InChI is InChI=1S/C11H23N3O3S2/c1-3-10(11(12)18)19(15,16)13-9(2)8-14-4-6-17-7-5-14/h9-10,13H,3-8H2,1-2H3,(H2,12,18). The summed E-state index contributed by atoms with van der Waals surface area (Å²) < 4.78 is 32.2. The van der Waals surface area contributed by atoms with Gasteiger partial charge in [-0.05, 0) is 13.3 Å². The first-order valence-electron chi connectivity index (χ1n) is 6.47. The van der Waals surface area contributed by atoms with Gasteiger partial charge in [0.05, 0.1) is 18.2 Å². The van der Waals surface area contributed by atoms with Crippen molar-refractivity contribution in [1.29, 1.82) is 0 Å². The van der Waals surface area contributed by atoms with Crippen molar-refractivity contribution in [2.45, 2.75) is 31.6 Å². The molecule has 0 radical (unpaired) electrons. The lowest BCUT2D eigenvalue weighted by Gasteiger charge is -2.29. The van der Waals surface area contributed by atoms with E-state index >= 15 is 0 Å². The van der Waals surface area contributed by atoms with Gasteiger partial charge in [0.1, 0.15) is 5.25 Å². The van der Waals surface area contributed by atoms with Crippen LogP contribution in [0.5, 0.6) is 0 Å². The largest absolute Gasteiger partial charge is 0.392 e. The molecular formula is C11H23N3O3S2. The number of ether oxygens (including phenoxy) is 1. The number of hydrogen-bond donors (Lipinski definition) is 2. The van der Waals surface area contributed by atoms with Crippen LogP contribution in [0.1, 0.15) is 20.3 Å². The highest BCUT2D eigenvalue weighted by atomic mass is 32.2. The van der Waals surface area contributed by atoms with Crippen LogP contribution in [-0.4, -0.2) is 62.4 Å². The Bertz CT molecular complexity index is 394. The smallest absolute Gasteiger partial charge is 0.221 e. The molecule has 0 aromatic carbocycles. The molecular weight excluding hydrogens is 286 g/mol. The maximum atomic E-state index is 12.1. The summed E-state index contributed by atoms with van der Waals surface area (Å²) in [5.41, 5.74) is 5.48. The van der Waals surface area contributed by atoms with Crippen molar-refractivity contribution >= 4 is 27.2 Å². The van der Waals surface area contributed by atoms with Crippen LogP contribution in [0.4, 0.5) is 0 Å². The van der Waals surface area contributed by atoms with E-state index in [4.69, 9.17) is 22.7 Å². The highest BCUT2D eigenvalue weighted by Gasteiger charge is 2.28. The van der Waals surface area contributed by atoms with Crippen molar-refractivity contribution in [1.82, 2.24) is 9.62 Å². The number of hydrogen-bond acceptors (Lipinski definition) is 5. The molecule has 1 saturated heterocycles. The maximum Gasteiger partial charge on any atom is 0.221 e. The summed E-state index contributed by atoms with van der Waals surface area (Å²) in [6.07, 6.45) is 0.384. The third kappa shape index (κ3) is 5.31. The number of sulfonamides is 1. The van der Waals surface area contributed by atoms with Gasteiger partial charge < -0.3 is 10.5 Å². The van der Waals surface area contributed by atoms with E-state index in [-0.39, 0.29) is 11.0 Å². The van der Waals surface area contributed by atoms with Crippen molar-refractivity contribution in [3.63, 3.8) is 0 Å². The SMILES string of the molecule is CCC(C(N)=S)S(=O)(=O)NC(C)CN1CCOCC1. The summed E-state index contributed by atoms with van der Waals surface area (Å²) in [6, 6.07) is -0.175. The highest BCUT2D eigenvalue weighted by Crippen LogP contribution is 2.07. The van der Waals surface area contributed by atoms with Crippen molar-refractivity contribution in [2.24, 2.45) is 5.73 Å². The molecule has 0 aromatic rings. The summed E-state index contributed by atoms with van der Waals surface area (Å²) >= 11 is 4.81. The molecule has 6 nitrogen and oxygen atoms in total. The quantitative estimate of drug-likeness (QED) is 0.628. The van der Waals surface area contributed by atoms with Gasteiger partial charge in [-0.15, -0.1) is 0 Å². The average molecular weight is 309 g/mol. The normalized spacial score (nSPS) is 20.9. The molecule has 0 amide bonds. The first-order chi connectivity index (χ1) is 8.86. The van der Waals surface area contributed by atoms with E-state index in [0.717, 1.165) is 13.1 Å². The Labute approximate surface area is 120 Å². The Morgan fingerprint density at radius 3 is 2.53 bits per heavy atom. The van der Waals surface area contributed by atoms with Gasteiger partial charge in [0.25, 0.3) is 0 Å². The fraction of sp³-hybridized carbons (Fsp3) is 0.909. The van der Waals surface area contributed by atoms with Crippen LogP contribution >= 0.6 is 12.2 Å². The number of nitrogens with one attached hydrogen (secondary N) is 1. The zero-order valence-electron chi connectivity index (χ0n) is 11.5. The number of thiocarbonyl (C=S) groups is 1. The highest BCUT2D eigenvalue weighted by molar-refractivity contribution is 7.93. The van der Waals surface area contributed by atoms with Crippen LogP contribution in [0.15, 0.2) is 0 Å². The van der Waals surface area contributed by atoms with Crippen molar-refractivity contribution < 1.29 is 13.2 Å². The molecule has 1 heterocycles. The Kier molecular flexibility index (Phi) is 6.61. The van der Waals surface area contributed by atoms with E-state index in [2.05, 4.69) is 9.62 Å². The van der Waals surface area contributed by atoms with Crippen LogP contribution in [-0.2, 0) is 14.8 Å². The number of nitrogens with zero attached hydrogens (tertiary/aromatic N) is 1. The Morgan fingerprint density at radius 1 is 1.47 bits per heavy atom. The van der Waals surface area contributed by atoms with E-state index in [1.807, 2.05) is 6.92 Å². The van der Waals surface area contributed by atoms with Gasteiger partial charge in [-0.3, -0.25) is 4.90 Å². The second-order valence-electron chi connectivity index (χ2n) is 4.78. The molecule has 1 aliphatic rings. The molecule has 1 fully saturated rings. The van der Waals surface area contributed by atoms with Crippen LogP contribution in [0, 0.1) is 0 Å². The molecule has 112 valence electrons. The van der Waals surface area contributed by atoms with E-state index < -0.39 is 15.3 Å². The molecule has 0 bridgehead atoms. The molecule has 1 rings (SSSR count). The molecule has 2 unspecified atom stereocenters.